The minimum atomic E-state index is -0.0607. The molecule has 1 radical (unpaired) electrons. The van der Waals surface area contributed by atoms with E-state index >= 15 is 0 Å². The van der Waals surface area contributed by atoms with Crippen molar-refractivity contribution in [3.05, 3.63) is 72.7 Å². The zero-order valence-electron chi connectivity index (χ0n) is 13.6. The first-order valence-electron chi connectivity index (χ1n) is 8.07. The van der Waals surface area contributed by atoms with Crippen LogP contribution in [0.25, 0.3) is 16.9 Å². The normalized spacial score (nSPS) is 11.5. The summed E-state index contributed by atoms with van der Waals surface area (Å²) in [7, 11) is 0. The van der Waals surface area contributed by atoms with Crippen LogP contribution in [-0.4, -0.2) is 35.3 Å². The average molecular weight is 390 g/mol. The summed E-state index contributed by atoms with van der Waals surface area (Å²) in [6.45, 7) is 0. The van der Waals surface area contributed by atoms with Gasteiger partial charge in [-0.25, -0.2) is 0 Å². The maximum atomic E-state index is 5.83. The van der Waals surface area contributed by atoms with Crippen LogP contribution in [-0.2, 0) is 6.42 Å². The summed E-state index contributed by atoms with van der Waals surface area (Å²) < 4.78 is 2.93. The van der Waals surface area contributed by atoms with Crippen molar-refractivity contribution in [3.63, 3.8) is 0 Å². The predicted molar refractivity (Wildman–Crippen MR) is 101 cm³/mol. The van der Waals surface area contributed by atoms with E-state index in [4.69, 9.17) is 10.7 Å². The van der Waals surface area contributed by atoms with E-state index in [0.717, 1.165) is 33.1 Å². The number of hydrogen-bond acceptors (Lipinski definition) is 4. The van der Waals surface area contributed by atoms with E-state index in [1.807, 2.05) is 41.1 Å². The van der Waals surface area contributed by atoms with Crippen LogP contribution in [0.1, 0.15) is 5.56 Å². The van der Waals surface area contributed by atoms with Crippen LogP contribution < -0.4 is 10.3 Å². The van der Waals surface area contributed by atoms with Crippen LogP contribution in [0.5, 0.6) is 0 Å². The van der Waals surface area contributed by atoms with Crippen molar-refractivity contribution in [2.45, 2.75) is 11.6 Å². The summed E-state index contributed by atoms with van der Waals surface area (Å²) in [6.07, 6.45) is 4.69. The van der Waals surface area contributed by atoms with Crippen molar-refractivity contribution < 1.29 is 0 Å². The SMILES string of the molecule is Nc1ccc2c(c1)ncn2-c1ccnc([As]CCc2ccccc2)n1. The van der Waals surface area contributed by atoms with Crippen molar-refractivity contribution in [2.24, 2.45) is 0 Å². The Hall–Kier alpha value is -2.65. The quantitative estimate of drug-likeness (QED) is 0.420. The number of nitrogens with two attached hydrogens (primary N) is 1. The molecular weight excluding hydrogens is 373 g/mol. The molecule has 2 aromatic heterocycles. The molecule has 6 heteroatoms. The van der Waals surface area contributed by atoms with Crippen LogP contribution >= 0.6 is 0 Å². The number of imidazole rings is 1. The first-order chi connectivity index (χ1) is 12.3. The molecule has 4 aromatic rings. The summed E-state index contributed by atoms with van der Waals surface area (Å²) in [4.78, 5) is 13.6. The van der Waals surface area contributed by atoms with Gasteiger partial charge in [0.25, 0.3) is 0 Å². The van der Waals surface area contributed by atoms with Gasteiger partial charge < -0.3 is 0 Å². The zero-order valence-corrected chi connectivity index (χ0v) is 15.5. The van der Waals surface area contributed by atoms with E-state index in [-0.39, 0.29) is 15.8 Å². The van der Waals surface area contributed by atoms with Gasteiger partial charge in [0.05, 0.1) is 0 Å². The van der Waals surface area contributed by atoms with E-state index in [1.165, 1.54) is 5.56 Å². The Morgan fingerprint density at radius 1 is 1.00 bits per heavy atom. The molecule has 2 aromatic carbocycles. The van der Waals surface area contributed by atoms with Gasteiger partial charge in [0.15, 0.2) is 0 Å². The Labute approximate surface area is 152 Å². The molecule has 0 aliphatic carbocycles. The number of aromatic nitrogens is 4. The monoisotopic (exact) mass is 390 g/mol. The average Bonchev–Trinajstić information content (AvgIpc) is 3.06. The predicted octanol–water partition coefficient (Wildman–Crippen LogP) is 2.39. The Bertz CT molecular complexity index is 997. The summed E-state index contributed by atoms with van der Waals surface area (Å²) in [5, 5.41) is 1.12. The number of anilines is 1. The molecule has 0 saturated carbocycles. The molecule has 25 heavy (non-hydrogen) atoms. The fraction of sp³-hybridized carbons (Fsp3) is 0.105. The summed E-state index contributed by atoms with van der Waals surface area (Å²) >= 11 is -0.0607. The van der Waals surface area contributed by atoms with Crippen LogP contribution in [0.2, 0.25) is 5.21 Å². The third-order valence-corrected chi connectivity index (χ3v) is 5.93. The molecule has 0 unspecified atom stereocenters. The standard InChI is InChI=1S/C19H17AsN5/c21-15-6-7-17-16(12-15)23-13-25(17)18-9-11-22-19(24-18)20-10-8-14-4-2-1-3-5-14/h1-7,9,11-13H,8,10,21H2. The second kappa shape index (κ2) is 7.07. The van der Waals surface area contributed by atoms with Crippen LogP contribution in [0.15, 0.2) is 67.1 Å². The first-order valence-corrected chi connectivity index (χ1v) is 10.3. The summed E-state index contributed by atoms with van der Waals surface area (Å²) in [6, 6.07) is 18.2. The van der Waals surface area contributed by atoms with Gasteiger partial charge in [-0.1, -0.05) is 0 Å². The molecule has 123 valence electrons. The molecule has 0 fully saturated rings. The van der Waals surface area contributed by atoms with Crippen LogP contribution in [0.3, 0.4) is 0 Å². The molecule has 0 aliphatic rings. The minimum absolute atomic E-state index is 0.0607. The molecular formula is C19H17AsN5. The van der Waals surface area contributed by atoms with E-state index < -0.39 is 0 Å². The van der Waals surface area contributed by atoms with Gasteiger partial charge in [0, 0.05) is 0 Å². The first kappa shape index (κ1) is 15.9. The van der Waals surface area contributed by atoms with Crippen molar-refractivity contribution in [1.82, 2.24) is 19.5 Å². The van der Waals surface area contributed by atoms with E-state index in [0.29, 0.717) is 5.69 Å². The molecule has 0 aliphatic heterocycles. The molecule has 0 amide bonds. The van der Waals surface area contributed by atoms with Crippen molar-refractivity contribution in [2.75, 3.05) is 5.73 Å². The van der Waals surface area contributed by atoms with Gasteiger partial charge in [0.1, 0.15) is 0 Å². The fourth-order valence-corrected chi connectivity index (χ4v) is 4.56. The Kier molecular flexibility index (Phi) is 4.49. The Morgan fingerprint density at radius 3 is 2.76 bits per heavy atom. The van der Waals surface area contributed by atoms with E-state index in [2.05, 4.69) is 34.2 Å². The number of nitrogens with zero attached hydrogens (tertiary/aromatic N) is 4. The van der Waals surface area contributed by atoms with Gasteiger partial charge in [-0.15, -0.1) is 0 Å². The molecule has 5 nitrogen and oxygen atoms in total. The van der Waals surface area contributed by atoms with E-state index in [9.17, 15) is 0 Å². The third kappa shape index (κ3) is 3.56. The van der Waals surface area contributed by atoms with Crippen molar-refractivity contribution >= 4 is 37.1 Å². The topological polar surface area (TPSA) is 69.6 Å². The number of aryl methyl sites for hydroxylation is 1. The Morgan fingerprint density at radius 2 is 1.88 bits per heavy atom. The molecule has 0 atom stereocenters. The number of rotatable bonds is 5. The van der Waals surface area contributed by atoms with Gasteiger partial charge in [0.2, 0.25) is 0 Å². The van der Waals surface area contributed by atoms with Crippen molar-refractivity contribution in [3.8, 4) is 5.82 Å². The van der Waals surface area contributed by atoms with Gasteiger partial charge >= 0.3 is 152 Å². The summed E-state index contributed by atoms with van der Waals surface area (Å²) in [5.41, 5.74) is 9.78. The number of nitrogen functional groups attached to an aromatic ring is 1. The Balaban J connectivity index is 1.52. The number of fused-ring (bicyclic) bond motifs is 1. The maximum absolute atomic E-state index is 5.83. The third-order valence-electron chi connectivity index (χ3n) is 3.94. The second-order valence-electron chi connectivity index (χ2n) is 5.69. The number of benzene rings is 2. The summed E-state index contributed by atoms with van der Waals surface area (Å²) in [5.74, 6) is 0.854. The van der Waals surface area contributed by atoms with Crippen LogP contribution in [0.4, 0.5) is 5.69 Å². The zero-order chi connectivity index (χ0) is 17.1. The molecule has 0 spiro atoms. The molecule has 2 N–H and O–H groups in total. The van der Waals surface area contributed by atoms with Gasteiger partial charge in [-0.2, -0.15) is 0 Å². The second-order valence-corrected chi connectivity index (χ2v) is 8.14. The molecule has 4 rings (SSSR count). The molecule has 2 heterocycles. The number of hydrogen-bond donors (Lipinski definition) is 1. The fourth-order valence-electron chi connectivity index (χ4n) is 2.69. The van der Waals surface area contributed by atoms with E-state index in [1.54, 1.807) is 6.33 Å². The molecule has 0 bridgehead atoms. The molecule has 0 saturated heterocycles. The van der Waals surface area contributed by atoms with Gasteiger partial charge in [-0.3, -0.25) is 0 Å². The van der Waals surface area contributed by atoms with Crippen LogP contribution in [0, 0.1) is 0 Å². The van der Waals surface area contributed by atoms with Gasteiger partial charge in [-0.05, 0) is 0 Å². The van der Waals surface area contributed by atoms with Crippen molar-refractivity contribution in [1.29, 1.82) is 0 Å².